The number of carbonyl (C=O) groups excluding carboxylic acids is 1. The molecular weight excluding hydrogens is 311 g/mol. The van der Waals surface area contributed by atoms with Gasteiger partial charge in [-0.1, -0.05) is 11.6 Å². The maximum absolute atomic E-state index is 12.2. The highest BCUT2D eigenvalue weighted by Crippen LogP contribution is 2.30. The maximum atomic E-state index is 12.2. The van der Waals surface area contributed by atoms with Crippen LogP contribution in [0.15, 0.2) is 18.2 Å². The number of anilines is 1. The molecule has 0 spiro atoms. The zero-order valence-corrected chi connectivity index (χ0v) is 11.6. The number of halogens is 4. The van der Waals surface area contributed by atoms with Gasteiger partial charge in [-0.25, -0.2) is 0 Å². The van der Waals surface area contributed by atoms with Gasteiger partial charge >= 0.3 is 6.18 Å². The van der Waals surface area contributed by atoms with Gasteiger partial charge in [0.25, 0.3) is 0 Å². The SMILES string of the molecule is O=C(Nc1cc(Cl)ccc1OCC(F)(F)F)C1CCOC1. The lowest BCUT2D eigenvalue weighted by molar-refractivity contribution is -0.153. The lowest BCUT2D eigenvalue weighted by Gasteiger charge is -2.15. The van der Waals surface area contributed by atoms with Crippen LogP contribution in [-0.2, 0) is 9.53 Å². The van der Waals surface area contributed by atoms with E-state index in [4.69, 9.17) is 21.1 Å². The Morgan fingerprint density at radius 1 is 1.48 bits per heavy atom. The molecule has 1 unspecified atom stereocenters. The first-order valence-corrected chi connectivity index (χ1v) is 6.60. The van der Waals surface area contributed by atoms with E-state index in [-0.39, 0.29) is 28.3 Å². The molecule has 0 bridgehead atoms. The third kappa shape index (κ3) is 4.78. The minimum atomic E-state index is -4.46. The molecule has 0 aromatic heterocycles. The van der Waals surface area contributed by atoms with Crippen molar-refractivity contribution in [1.29, 1.82) is 0 Å². The second-order valence-electron chi connectivity index (χ2n) is 4.59. The Labute approximate surface area is 124 Å². The predicted octanol–water partition coefficient (Wildman–Crippen LogP) is 3.26. The van der Waals surface area contributed by atoms with Gasteiger partial charge in [0, 0.05) is 11.6 Å². The number of hydrogen-bond acceptors (Lipinski definition) is 3. The summed E-state index contributed by atoms with van der Waals surface area (Å²) in [7, 11) is 0. The van der Waals surface area contributed by atoms with Crippen molar-refractivity contribution in [2.45, 2.75) is 12.6 Å². The van der Waals surface area contributed by atoms with E-state index in [0.29, 0.717) is 19.6 Å². The van der Waals surface area contributed by atoms with Gasteiger partial charge in [-0.2, -0.15) is 13.2 Å². The van der Waals surface area contributed by atoms with E-state index in [0.717, 1.165) is 0 Å². The molecule has 0 radical (unpaired) electrons. The Balaban J connectivity index is 2.09. The van der Waals surface area contributed by atoms with Gasteiger partial charge in [-0.3, -0.25) is 4.79 Å². The van der Waals surface area contributed by atoms with Crippen molar-refractivity contribution in [1.82, 2.24) is 0 Å². The normalized spacial score (nSPS) is 18.6. The van der Waals surface area contributed by atoms with E-state index < -0.39 is 12.8 Å². The first kappa shape index (κ1) is 15.9. The highest BCUT2D eigenvalue weighted by molar-refractivity contribution is 6.31. The molecule has 0 saturated carbocycles. The summed E-state index contributed by atoms with van der Waals surface area (Å²) in [6, 6.07) is 4.03. The van der Waals surface area contributed by atoms with Crippen molar-refractivity contribution >= 4 is 23.2 Å². The quantitative estimate of drug-likeness (QED) is 0.925. The van der Waals surface area contributed by atoms with Gasteiger partial charge in [0.2, 0.25) is 5.91 Å². The molecule has 4 nitrogen and oxygen atoms in total. The van der Waals surface area contributed by atoms with E-state index >= 15 is 0 Å². The molecule has 0 aliphatic carbocycles. The van der Waals surface area contributed by atoms with Crippen molar-refractivity contribution in [3.63, 3.8) is 0 Å². The molecule has 1 N–H and O–H groups in total. The van der Waals surface area contributed by atoms with E-state index in [1.165, 1.54) is 18.2 Å². The summed E-state index contributed by atoms with van der Waals surface area (Å²) >= 11 is 5.80. The molecule has 1 heterocycles. The summed E-state index contributed by atoms with van der Waals surface area (Å²) in [6.45, 7) is -0.653. The lowest BCUT2D eigenvalue weighted by Crippen LogP contribution is -2.24. The molecule has 1 aliphatic rings. The molecule has 1 saturated heterocycles. The molecule has 116 valence electrons. The van der Waals surface area contributed by atoms with Crippen LogP contribution in [0.4, 0.5) is 18.9 Å². The number of benzene rings is 1. The van der Waals surface area contributed by atoms with Crippen LogP contribution < -0.4 is 10.1 Å². The summed E-state index contributed by atoms with van der Waals surface area (Å²) in [5.41, 5.74) is 0.114. The molecule has 1 fully saturated rings. The Morgan fingerprint density at radius 2 is 2.24 bits per heavy atom. The number of ether oxygens (including phenoxy) is 2. The fourth-order valence-corrected chi connectivity index (χ4v) is 2.03. The highest BCUT2D eigenvalue weighted by atomic mass is 35.5. The average molecular weight is 324 g/mol. The number of rotatable bonds is 4. The first-order valence-electron chi connectivity index (χ1n) is 6.23. The minimum Gasteiger partial charge on any atom is -0.482 e. The van der Waals surface area contributed by atoms with Crippen LogP contribution in [-0.4, -0.2) is 31.9 Å². The van der Waals surface area contributed by atoms with Gasteiger partial charge < -0.3 is 14.8 Å². The van der Waals surface area contributed by atoms with Crippen LogP contribution in [0.3, 0.4) is 0 Å². The van der Waals surface area contributed by atoms with E-state index in [1.807, 2.05) is 0 Å². The number of carbonyl (C=O) groups is 1. The summed E-state index contributed by atoms with van der Waals surface area (Å²) in [4.78, 5) is 12.0. The van der Waals surface area contributed by atoms with Crippen molar-refractivity contribution in [2.24, 2.45) is 5.92 Å². The fraction of sp³-hybridized carbons (Fsp3) is 0.462. The lowest BCUT2D eigenvalue weighted by atomic mass is 10.1. The monoisotopic (exact) mass is 323 g/mol. The van der Waals surface area contributed by atoms with Crippen LogP contribution in [0.25, 0.3) is 0 Å². The minimum absolute atomic E-state index is 0.0796. The number of hydrogen-bond donors (Lipinski definition) is 1. The molecular formula is C13H13ClF3NO3. The standard InChI is InChI=1S/C13H13ClF3NO3/c14-9-1-2-11(21-7-13(15,16)17)10(5-9)18-12(19)8-3-4-20-6-8/h1-2,5,8H,3-4,6-7H2,(H,18,19). The molecule has 21 heavy (non-hydrogen) atoms. The van der Waals surface area contributed by atoms with E-state index in [9.17, 15) is 18.0 Å². The molecule has 1 aliphatic heterocycles. The first-order chi connectivity index (χ1) is 9.85. The van der Waals surface area contributed by atoms with Gasteiger partial charge in [0.1, 0.15) is 5.75 Å². The number of amides is 1. The van der Waals surface area contributed by atoms with Gasteiger partial charge in [0.15, 0.2) is 6.61 Å². The van der Waals surface area contributed by atoms with Gasteiger partial charge in [-0.05, 0) is 24.6 Å². The molecule has 2 rings (SSSR count). The van der Waals surface area contributed by atoms with Crippen LogP contribution in [0.1, 0.15) is 6.42 Å². The Morgan fingerprint density at radius 3 is 2.86 bits per heavy atom. The van der Waals surface area contributed by atoms with Crippen molar-refractivity contribution < 1.29 is 27.4 Å². The highest BCUT2D eigenvalue weighted by Gasteiger charge is 2.29. The van der Waals surface area contributed by atoms with Crippen molar-refractivity contribution in [3.05, 3.63) is 23.2 Å². The molecule has 1 aromatic carbocycles. The molecule has 1 amide bonds. The fourth-order valence-electron chi connectivity index (χ4n) is 1.86. The zero-order valence-electron chi connectivity index (χ0n) is 10.9. The number of alkyl halides is 3. The average Bonchev–Trinajstić information content (AvgIpc) is 2.90. The summed E-state index contributed by atoms with van der Waals surface area (Å²) in [6.07, 6.45) is -3.88. The summed E-state index contributed by atoms with van der Waals surface area (Å²) in [5.74, 6) is -0.727. The van der Waals surface area contributed by atoms with E-state index in [1.54, 1.807) is 0 Å². The second kappa shape index (κ2) is 6.53. The van der Waals surface area contributed by atoms with Crippen LogP contribution in [0.5, 0.6) is 5.75 Å². The third-order valence-corrected chi connectivity index (χ3v) is 3.13. The summed E-state index contributed by atoms with van der Waals surface area (Å²) in [5, 5.41) is 2.82. The second-order valence-corrected chi connectivity index (χ2v) is 5.03. The van der Waals surface area contributed by atoms with Crippen LogP contribution in [0.2, 0.25) is 5.02 Å². The van der Waals surface area contributed by atoms with Crippen LogP contribution >= 0.6 is 11.6 Å². The Bertz CT molecular complexity index is 516. The van der Waals surface area contributed by atoms with Gasteiger partial charge in [0.05, 0.1) is 18.2 Å². The van der Waals surface area contributed by atoms with Crippen molar-refractivity contribution in [2.75, 3.05) is 25.1 Å². The summed E-state index contributed by atoms with van der Waals surface area (Å²) < 4.78 is 46.4. The number of nitrogens with one attached hydrogen (secondary N) is 1. The van der Waals surface area contributed by atoms with Crippen molar-refractivity contribution in [3.8, 4) is 5.75 Å². The molecule has 1 atom stereocenters. The topological polar surface area (TPSA) is 47.6 Å². The van der Waals surface area contributed by atoms with Gasteiger partial charge in [-0.15, -0.1) is 0 Å². The Hall–Kier alpha value is -1.47. The zero-order chi connectivity index (χ0) is 15.5. The largest absolute Gasteiger partial charge is 0.482 e. The van der Waals surface area contributed by atoms with Crippen LogP contribution in [0, 0.1) is 5.92 Å². The van der Waals surface area contributed by atoms with E-state index in [2.05, 4.69) is 5.32 Å². The molecule has 1 aromatic rings. The Kier molecular flexibility index (Phi) is 4.95. The predicted molar refractivity (Wildman–Crippen MR) is 70.6 cm³/mol. The third-order valence-electron chi connectivity index (χ3n) is 2.89. The molecule has 8 heteroatoms. The smallest absolute Gasteiger partial charge is 0.422 e. The maximum Gasteiger partial charge on any atom is 0.422 e.